The number of esters is 1. The van der Waals surface area contributed by atoms with Crippen molar-refractivity contribution >= 4 is 5.97 Å². The fourth-order valence-corrected chi connectivity index (χ4v) is 3.66. The van der Waals surface area contributed by atoms with Crippen molar-refractivity contribution in [1.29, 1.82) is 0 Å². The van der Waals surface area contributed by atoms with E-state index in [1.165, 1.54) is 32.1 Å². The Morgan fingerprint density at radius 3 is 0.956 bits per heavy atom. The van der Waals surface area contributed by atoms with Gasteiger partial charge in [0.2, 0.25) is 0 Å². The molecule has 45 heavy (non-hydrogen) atoms. The smallest absolute Gasteiger partial charge is 0.305 e. The van der Waals surface area contributed by atoms with E-state index in [1.54, 1.807) is 0 Å². The van der Waals surface area contributed by atoms with Gasteiger partial charge in [0.1, 0.15) is 6.61 Å². The minimum atomic E-state index is -0.142. The van der Waals surface area contributed by atoms with E-state index in [4.69, 9.17) is 57.2 Å². The van der Waals surface area contributed by atoms with Crippen LogP contribution in [-0.2, 0) is 56.9 Å². The molecule has 0 amide bonds. The van der Waals surface area contributed by atoms with E-state index in [-0.39, 0.29) is 19.2 Å². The van der Waals surface area contributed by atoms with Crippen LogP contribution in [0.5, 0.6) is 0 Å². The summed E-state index contributed by atoms with van der Waals surface area (Å²) in [6.45, 7) is 12.1. The highest BCUT2D eigenvalue weighted by atomic mass is 16.6. The lowest BCUT2D eigenvalue weighted by Crippen LogP contribution is -2.15. The average Bonchev–Trinajstić information content (AvgIpc) is 3.05. The topological polar surface area (TPSA) is 139 Å². The second kappa shape index (κ2) is 41.1. The monoisotopic (exact) mass is 656 g/mol. The Hall–Kier alpha value is -0.970. The second-order valence-electron chi connectivity index (χ2n) is 9.94. The first-order chi connectivity index (χ1) is 22.3. The van der Waals surface area contributed by atoms with Crippen molar-refractivity contribution < 1.29 is 62.0 Å². The Morgan fingerprint density at radius 2 is 0.644 bits per heavy atom. The van der Waals surface area contributed by atoms with Crippen LogP contribution in [0.3, 0.4) is 0 Å². The lowest BCUT2D eigenvalue weighted by molar-refractivity contribution is -0.145. The lowest BCUT2D eigenvalue weighted by Gasteiger charge is -2.09. The molecule has 0 aromatic carbocycles. The van der Waals surface area contributed by atoms with Gasteiger partial charge in [0.05, 0.1) is 139 Å². The molecule has 270 valence electrons. The molecule has 0 aromatic heterocycles. The Labute approximate surface area is 271 Å². The van der Waals surface area contributed by atoms with Gasteiger partial charge in [-0.1, -0.05) is 45.4 Å². The van der Waals surface area contributed by atoms with Gasteiger partial charge in [-0.15, -0.1) is 0 Å². The van der Waals surface area contributed by atoms with Crippen molar-refractivity contribution in [1.82, 2.24) is 0 Å². The van der Waals surface area contributed by atoms with E-state index < -0.39 is 0 Å². The van der Waals surface area contributed by atoms with Crippen LogP contribution in [0.15, 0.2) is 0 Å². The third kappa shape index (κ3) is 41.0. The van der Waals surface area contributed by atoms with Crippen LogP contribution < -0.4 is 0 Å². The van der Waals surface area contributed by atoms with Gasteiger partial charge in [-0.3, -0.25) is 4.79 Å². The number of ether oxygens (including phenoxy) is 11. The maximum atomic E-state index is 11.7. The molecule has 0 saturated heterocycles. The average molecular weight is 657 g/mol. The minimum Gasteiger partial charge on any atom is -0.463 e. The fourth-order valence-electron chi connectivity index (χ4n) is 3.66. The summed E-state index contributed by atoms with van der Waals surface area (Å²) in [6, 6.07) is 0. The number of hydrogen-bond acceptors (Lipinski definition) is 13. The van der Waals surface area contributed by atoms with Crippen LogP contribution >= 0.6 is 0 Å². The maximum absolute atomic E-state index is 11.7. The zero-order valence-electron chi connectivity index (χ0n) is 28.1. The van der Waals surface area contributed by atoms with Gasteiger partial charge in [-0.25, -0.2) is 0 Å². The van der Waals surface area contributed by atoms with Crippen LogP contribution in [-0.4, -0.2) is 156 Å². The first kappa shape index (κ1) is 44.0. The van der Waals surface area contributed by atoms with Crippen LogP contribution in [0.4, 0.5) is 0 Å². The van der Waals surface area contributed by atoms with E-state index >= 15 is 0 Å². The largest absolute Gasteiger partial charge is 0.463 e. The van der Waals surface area contributed by atoms with E-state index in [9.17, 15) is 4.79 Å². The molecule has 0 radical (unpaired) electrons. The highest BCUT2D eigenvalue weighted by Crippen LogP contribution is 2.08. The number of aliphatic hydroxyl groups is 1. The summed E-state index contributed by atoms with van der Waals surface area (Å²) in [7, 11) is 0. The molecule has 1 N–H and O–H groups in total. The predicted octanol–water partition coefficient (Wildman–Crippen LogP) is 2.83. The van der Waals surface area contributed by atoms with Crippen LogP contribution in [0, 0.1) is 0 Å². The third-order valence-electron chi connectivity index (χ3n) is 6.06. The number of hydrogen-bond donors (Lipinski definition) is 1. The van der Waals surface area contributed by atoms with Crippen LogP contribution in [0.25, 0.3) is 0 Å². The summed E-state index contributed by atoms with van der Waals surface area (Å²) in [4.78, 5) is 11.7. The van der Waals surface area contributed by atoms with Gasteiger partial charge in [0.15, 0.2) is 0 Å². The molecule has 13 heteroatoms. The Balaban J connectivity index is 3.09. The van der Waals surface area contributed by atoms with Crippen molar-refractivity contribution in [2.75, 3.05) is 145 Å². The summed E-state index contributed by atoms with van der Waals surface area (Å²) in [5, 5.41) is 8.58. The molecule has 0 aliphatic carbocycles. The van der Waals surface area contributed by atoms with E-state index in [0.717, 1.165) is 12.8 Å². The van der Waals surface area contributed by atoms with Crippen molar-refractivity contribution in [3.8, 4) is 0 Å². The van der Waals surface area contributed by atoms with Gasteiger partial charge in [0, 0.05) is 6.42 Å². The van der Waals surface area contributed by atoms with Gasteiger partial charge in [-0.2, -0.15) is 0 Å². The summed E-state index contributed by atoms with van der Waals surface area (Å²) in [5.41, 5.74) is 0. The zero-order chi connectivity index (χ0) is 32.6. The molecule has 0 unspecified atom stereocenters. The molecular weight excluding hydrogens is 592 g/mol. The summed E-state index contributed by atoms with van der Waals surface area (Å²) < 4.78 is 59.2. The summed E-state index contributed by atoms with van der Waals surface area (Å²) >= 11 is 0. The molecule has 0 aliphatic heterocycles. The van der Waals surface area contributed by atoms with Crippen molar-refractivity contribution in [2.45, 2.75) is 58.3 Å². The highest BCUT2D eigenvalue weighted by molar-refractivity contribution is 5.69. The lowest BCUT2D eigenvalue weighted by atomic mass is 10.1. The molecule has 0 fully saturated rings. The highest BCUT2D eigenvalue weighted by Gasteiger charge is 2.03. The molecule has 0 rings (SSSR count). The Kier molecular flexibility index (Phi) is 40.2. The molecule has 0 aromatic rings. The molecule has 0 aliphatic rings. The Bertz CT molecular complexity index is 557. The molecular formula is C32H64O13. The van der Waals surface area contributed by atoms with Crippen molar-refractivity contribution in [3.63, 3.8) is 0 Å². The van der Waals surface area contributed by atoms with Crippen molar-refractivity contribution in [2.24, 2.45) is 0 Å². The number of aliphatic hydroxyl groups excluding tert-OH is 1. The van der Waals surface area contributed by atoms with E-state index in [0.29, 0.717) is 139 Å². The predicted molar refractivity (Wildman–Crippen MR) is 169 cm³/mol. The quantitative estimate of drug-likeness (QED) is 0.0765. The van der Waals surface area contributed by atoms with Crippen LogP contribution in [0.1, 0.15) is 58.3 Å². The SMILES string of the molecule is CCCCCCCCCC(=O)OCCOCCOCCOCCOCCOCCOCCOCCOCCOCCOCCO. The number of unbranched alkanes of at least 4 members (excludes halogenated alkanes) is 6. The van der Waals surface area contributed by atoms with Gasteiger partial charge in [-0.05, 0) is 6.42 Å². The van der Waals surface area contributed by atoms with E-state index in [2.05, 4.69) is 6.92 Å². The standard InChI is InChI=1S/C32H64O13/c1-2-3-4-5-6-7-8-9-32(34)45-31-30-44-29-28-43-27-26-42-25-24-41-23-22-40-21-20-39-19-18-38-17-16-37-15-14-36-13-12-35-11-10-33/h33H,2-31H2,1H3. The Morgan fingerprint density at radius 1 is 0.378 bits per heavy atom. The van der Waals surface area contributed by atoms with Gasteiger partial charge >= 0.3 is 5.97 Å². The zero-order valence-corrected chi connectivity index (χ0v) is 28.1. The molecule has 0 bridgehead atoms. The molecule has 0 heterocycles. The van der Waals surface area contributed by atoms with Gasteiger partial charge < -0.3 is 57.2 Å². The van der Waals surface area contributed by atoms with Crippen LogP contribution in [0.2, 0.25) is 0 Å². The van der Waals surface area contributed by atoms with E-state index in [1.807, 2.05) is 0 Å². The molecule has 0 spiro atoms. The fraction of sp³-hybridized carbons (Fsp3) is 0.969. The number of carbonyl (C=O) groups is 1. The van der Waals surface area contributed by atoms with Gasteiger partial charge in [0.25, 0.3) is 0 Å². The second-order valence-corrected chi connectivity index (χ2v) is 9.94. The third-order valence-corrected chi connectivity index (χ3v) is 6.06. The first-order valence-electron chi connectivity index (χ1n) is 16.8. The normalized spacial score (nSPS) is 11.4. The first-order valence-corrected chi connectivity index (χ1v) is 16.8. The summed E-state index contributed by atoms with van der Waals surface area (Å²) in [5.74, 6) is -0.142. The number of carbonyl (C=O) groups excluding carboxylic acids is 1. The minimum absolute atomic E-state index is 0.0239. The van der Waals surface area contributed by atoms with Crippen molar-refractivity contribution in [3.05, 3.63) is 0 Å². The molecule has 13 nitrogen and oxygen atoms in total. The molecule has 0 saturated carbocycles. The number of rotatable bonds is 40. The summed E-state index contributed by atoms with van der Waals surface area (Å²) in [6.07, 6.45) is 8.79. The molecule has 0 atom stereocenters. The maximum Gasteiger partial charge on any atom is 0.305 e.